The molecule has 0 N–H and O–H groups in total. The van der Waals surface area contributed by atoms with Crippen LogP contribution in [0.5, 0.6) is 0 Å². The standard InChI is InChI=1S/C14H23NO2S/c1-3-5-6-10-13-15(4-2)18(16,17)14-11-8-7-9-12-14/h7-9,11-12H,3-6,10,13H2,1-2H3. The molecule has 0 saturated heterocycles. The molecule has 0 heterocycles. The molecule has 18 heavy (non-hydrogen) atoms. The second-order valence-corrected chi connectivity index (χ2v) is 6.31. The third-order valence-electron chi connectivity index (χ3n) is 2.99. The predicted octanol–water partition coefficient (Wildman–Crippen LogP) is 3.28. The van der Waals surface area contributed by atoms with Crippen molar-refractivity contribution in [1.29, 1.82) is 0 Å². The molecule has 3 nitrogen and oxygen atoms in total. The van der Waals surface area contributed by atoms with Gasteiger partial charge in [0.05, 0.1) is 4.90 Å². The van der Waals surface area contributed by atoms with Gasteiger partial charge in [-0.15, -0.1) is 0 Å². The van der Waals surface area contributed by atoms with Crippen molar-refractivity contribution in [3.05, 3.63) is 30.3 Å². The summed E-state index contributed by atoms with van der Waals surface area (Å²) in [4.78, 5) is 0.391. The van der Waals surface area contributed by atoms with Crippen LogP contribution in [0.15, 0.2) is 35.2 Å². The third kappa shape index (κ3) is 4.10. The fourth-order valence-corrected chi connectivity index (χ4v) is 3.41. The maximum Gasteiger partial charge on any atom is 0.243 e. The molecule has 1 aromatic rings. The van der Waals surface area contributed by atoms with E-state index in [0.717, 1.165) is 19.3 Å². The van der Waals surface area contributed by atoms with E-state index < -0.39 is 10.0 Å². The van der Waals surface area contributed by atoms with E-state index in [1.807, 2.05) is 13.0 Å². The van der Waals surface area contributed by atoms with Crippen molar-refractivity contribution in [1.82, 2.24) is 4.31 Å². The van der Waals surface area contributed by atoms with Gasteiger partial charge in [-0.05, 0) is 18.6 Å². The molecule has 0 amide bonds. The molecule has 0 aromatic heterocycles. The van der Waals surface area contributed by atoms with Crippen molar-refractivity contribution < 1.29 is 8.42 Å². The number of benzene rings is 1. The van der Waals surface area contributed by atoms with Crippen LogP contribution in [0.25, 0.3) is 0 Å². The number of unbranched alkanes of at least 4 members (excludes halogenated alkanes) is 3. The summed E-state index contributed by atoms with van der Waals surface area (Å²) in [6.45, 7) is 5.19. The minimum absolute atomic E-state index is 0.391. The van der Waals surface area contributed by atoms with Crippen molar-refractivity contribution in [2.24, 2.45) is 0 Å². The van der Waals surface area contributed by atoms with Crippen molar-refractivity contribution in [3.63, 3.8) is 0 Å². The van der Waals surface area contributed by atoms with Gasteiger partial charge < -0.3 is 0 Å². The topological polar surface area (TPSA) is 37.4 Å². The summed E-state index contributed by atoms with van der Waals surface area (Å²) < 4.78 is 26.3. The lowest BCUT2D eigenvalue weighted by Gasteiger charge is -2.20. The lowest BCUT2D eigenvalue weighted by Crippen LogP contribution is -2.31. The highest BCUT2D eigenvalue weighted by atomic mass is 32.2. The number of rotatable bonds is 8. The van der Waals surface area contributed by atoms with Crippen LogP contribution in [0.1, 0.15) is 39.5 Å². The second-order valence-electron chi connectivity index (χ2n) is 4.37. The first-order chi connectivity index (χ1) is 8.62. The summed E-state index contributed by atoms with van der Waals surface area (Å²) in [6.07, 6.45) is 4.37. The van der Waals surface area contributed by atoms with Crippen LogP contribution in [-0.4, -0.2) is 25.8 Å². The van der Waals surface area contributed by atoms with Crippen LogP contribution in [-0.2, 0) is 10.0 Å². The van der Waals surface area contributed by atoms with E-state index in [1.165, 1.54) is 6.42 Å². The lowest BCUT2D eigenvalue weighted by atomic mass is 10.2. The second kappa shape index (κ2) is 7.54. The van der Waals surface area contributed by atoms with E-state index in [9.17, 15) is 8.42 Å². The number of sulfonamides is 1. The molecule has 0 spiro atoms. The van der Waals surface area contributed by atoms with Crippen LogP contribution in [0.4, 0.5) is 0 Å². The molecule has 0 unspecified atom stereocenters. The van der Waals surface area contributed by atoms with Gasteiger partial charge in [0.1, 0.15) is 0 Å². The molecule has 0 atom stereocenters. The molecular weight excluding hydrogens is 246 g/mol. The minimum Gasteiger partial charge on any atom is -0.207 e. The maximum atomic E-state index is 12.4. The summed E-state index contributed by atoms with van der Waals surface area (Å²) in [5, 5.41) is 0. The van der Waals surface area contributed by atoms with Gasteiger partial charge in [0, 0.05) is 13.1 Å². The summed E-state index contributed by atoms with van der Waals surface area (Å²) >= 11 is 0. The first-order valence-corrected chi connectivity index (χ1v) is 8.12. The summed E-state index contributed by atoms with van der Waals surface area (Å²) in [5.41, 5.74) is 0. The average molecular weight is 269 g/mol. The molecule has 0 saturated carbocycles. The Hall–Kier alpha value is -0.870. The van der Waals surface area contributed by atoms with Gasteiger partial charge >= 0.3 is 0 Å². The van der Waals surface area contributed by atoms with Crippen molar-refractivity contribution >= 4 is 10.0 Å². The zero-order valence-electron chi connectivity index (χ0n) is 11.3. The van der Waals surface area contributed by atoms with E-state index in [4.69, 9.17) is 0 Å². The van der Waals surface area contributed by atoms with Crippen LogP contribution >= 0.6 is 0 Å². The Morgan fingerprint density at radius 3 is 2.22 bits per heavy atom. The van der Waals surface area contributed by atoms with Gasteiger partial charge in [-0.3, -0.25) is 0 Å². The van der Waals surface area contributed by atoms with Crippen LogP contribution in [0.2, 0.25) is 0 Å². The minimum atomic E-state index is -3.30. The molecule has 1 aromatic carbocycles. The molecule has 0 aliphatic rings. The van der Waals surface area contributed by atoms with Crippen molar-refractivity contribution in [2.45, 2.75) is 44.4 Å². The van der Waals surface area contributed by atoms with Gasteiger partial charge in [0.15, 0.2) is 0 Å². The van der Waals surface area contributed by atoms with Gasteiger partial charge in [0.25, 0.3) is 0 Å². The highest BCUT2D eigenvalue weighted by molar-refractivity contribution is 7.89. The highest BCUT2D eigenvalue weighted by Crippen LogP contribution is 2.15. The highest BCUT2D eigenvalue weighted by Gasteiger charge is 2.21. The van der Waals surface area contributed by atoms with Gasteiger partial charge in [-0.2, -0.15) is 4.31 Å². The molecule has 0 aliphatic carbocycles. The predicted molar refractivity (Wildman–Crippen MR) is 75.0 cm³/mol. The Morgan fingerprint density at radius 1 is 1.00 bits per heavy atom. The zero-order valence-corrected chi connectivity index (χ0v) is 12.1. The van der Waals surface area contributed by atoms with Crippen molar-refractivity contribution in [2.75, 3.05) is 13.1 Å². The molecular formula is C14H23NO2S. The van der Waals surface area contributed by atoms with Crippen LogP contribution in [0.3, 0.4) is 0 Å². The summed E-state index contributed by atoms with van der Waals surface area (Å²) in [7, 11) is -3.30. The van der Waals surface area contributed by atoms with Gasteiger partial charge in [-0.25, -0.2) is 8.42 Å². The molecule has 0 radical (unpaired) electrons. The van der Waals surface area contributed by atoms with E-state index in [1.54, 1.807) is 28.6 Å². The fourth-order valence-electron chi connectivity index (χ4n) is 1.90. The number of nitrogens with zero attached hydrogens (tertiary/aromatic N) is 1. The SMILES string of the molecule is CCCCCCN(CC)S(=O)(=O)c1ccccc1. The maximum absolute atomic E-state index is 12.4. The zero-order chi connectivity index (χ0) is 13.4. The van der Waals surface area contributed by atoms with Gasteiger partial charge in [0.2, 0.25) is 10.0 Å². The monoisotopic (exact) mass is 269 g/mol. The summed E-state index contributed by atoms with van der Waals surface area (Å²) in [5.74, 6) is 0. The molecule has 0 bridgehead atoms. The smallest absolute Gasteiger partial charge is 0.207 e. The fraction of sp³-hybridized carbons (Fsp3) is 0.571. The van der Waals surface area contributed by atoms with E-state index >= 15 is 0 Å². The quantitative estimate of drug-likeness (QED) is 0.679. The Balaban J connectivity index is 2.69. The third-order valence-corrected chi connectivity index (χ3v) is 4.98. The molecule has 1 rings (SSSR count). The molecule has 0 fully saturated rings. The normalized spacial score (nSPS) is 11.9. The molecule has 102 valence electrons. The average Bonchev–Trinajstić information content (AvgIpc) is 2.39. The lowest BCUT2D eigenvalue weighted by molar-refractivity contribution is 0.413. The van der Waals surface area contributed by atoms with E-state index in [-0.39, 0.29) is 0 Å². The van der Waals surface area contributed by atoms with Crippen molar-refractivity contribution in [3.8, 4) is 0 Å². The van der Waals surface area contributed by atoms with Crippen LogP contribution in [0, 0.1) is 0 Å². The molecule has 4 heteroatoms. The Labute approximate surface area is 111 Å². The Bertz CT molecular complexity index is 428. The summed E-state index contributed by atoms with van der Waals surface area (Å²) in [6, 6.07) is 8.67. The van der Waals surface area contributed by atoms with Gasteiger partial charge in [-0.1, -0.05) is 51.3 Å². The van der Waals surface area contributed by atoms with Crippen LogP contribution < -0.4 is 0 Å². The molecule has 0 aliphatic heterocycles. The van der Waals surface area contributed by atoms with E-state index in [2.05, 4.69) is 6.92 Å². The largest absolute Gasteiger partial charge is 0.243 e. The Morgan fingerprint density at radius 2 is 1.67 bits per heavy atom. The Kier molecular flexibility index (Phi) is 6.36. The first kappa shape index (κ1) is 15.2. The van der Waals surface area contributed by atoms with E-state index in [0.29, 0.717) is 18.0 Å². The number of hydrogen-bond acceptors (Lipinski definition) is 2. The first-order valence-electron chi connectivity index (χ1n) is 6.68. The number of hydrogen-bond donors (Lipinski definition) is 0.